The number of primary amides is 1. The Hall–Kier alpha value is -1.17. The number of alkyl halides is 3. The highest BCUT2D eigenvalue weighted by atomic mass is 32.2. The zero-order valence-electron chi connectivity index (χ0n) is 7.76. The molecule has 0 aliphatic heterocycles. The van der Waals surface area contributed by atoms with Gasteiger partial charge in [0.15, 0.2) is 0 Å². The van der Waals surface area contributed by atoms with Gasteiger partial charge in [-0.1, -0.05) is 0 Å². The molecule has 82 valence electrons. The van der Waals surface area contributed by atoms with E-state index in [1.165, 1.54) is 6.26 Å². The van der Waals surface area contributed by atoms with Gasteiger partial charge in [-0.3, -0.25) is 4.79 Å². The summed E-state index contributed by atoms with van der Waals surface area (Å²) in [5.74, 6) is -0.737. The lowest BCUT2D eigenvalue weighted by atomic mass is 10.1. The van der Waals surface area contributed by atoms with Gasteiger partial charge in [-0.25, -0.2) is 0 Å². The summed E-state index contributed by atoms with van der Waals surface area (Å²) < 4.78 is 37.3. The topological polar surface area (TPSA) is 43.1 Å². The van der Waals surface area contributed by atoms with E-state index < -0.39 is 17.6 Å². The zero-order valence-corrected chi connectivity index (χ0v) is 8.58. The van der Waals surface area contributed by atoms with Crippen LogP contribution < -0.4 is 5.73 Å². The van der Waals surface area contributed by atoms with E-state index in [2.05, 4.69) is 0 Å². The van der Waals surface area contributed by atoms with Crippen molar-refractivity contribution in [2.75, 3.05) is 6.26 Å². The quantitative estimate of drug-likeness (QED) is 0.800. The fourth-order valence-electron chi connectivity index (χ4n) is 1.08. The van der Waals surface area contributed by atoms with Gasteiger partial charge in [0.05, 0.1) is 5.56 Å². The van der Waals surface area contributed by atoms with E-state index in [4.69, 9.17) is 5.73 Å². The molecule has 0 unspecified atom stereocenters. The van der Waals surface area contributed by atoms with Crippen molar-refractivity contribution in [1.29, 1.82) is 0 Å². The molecule has 0 aliphatic carbocycles. The number of thioether (sulfide) groups is 1. The SMILES string of the molecule is CSc1cc(C(N)=O)ccc1C(F)(F)F. The number of rotatable bonds is 2. The van der Waals surface area contributed by atoms with Crippen LogP contribution in [0.2, 0.25) is 0 Å². The lowest BCUT2D eigenvalue weighted by Crippen LogP contribution is -2.13. The lowest BCUT2D eigenvalue weighted by molar-refractivity contribution is -0.139. The summed E-state index contributed by atoms with van der Waals surface area (Å²) in [4.78, 5) is 10.8. The minimum atomic E-state index is -4.41. The molecule has 0 fully saturated rings. The molecule has 0 aliphatic rings. The molecule has 1 amide bonds. The minimum absolute atomic E-state index is 0.00111. The Kier molecular flexibility index (Phi) is 3.28. The maximum absolute atomic E-state index is 12.4. The van der Waals surface area contributed by atoms with Crippen molar-refractivity contribution in [3.63, 3.8) is 0 Å². The van der Waals surface area contributed by atoms with E-state index >= 15 is 0 Å². The Bertz CT molecular complexity index is 389. The van der Waals surface area contributed by atoms with Gasteiger partial charge in [0.2, 0.25) is 5.91 Å². The Balaban J connectivity index is 3.27. The highest BCUT2D eigenvalue weighted by Crippen LogP contribution is 2.36. The summed E-state index contributed by atoms with van der Waals surface area (Å²) in [5, 5.41) is 0. The molecular formula is C9H8F3NOS. The fraction of sp³-hybridized carbons (Fsp3) is 0.222. The van der Waals surface area contributed by atoms with Crippen molar-refractivity contribution in [3.05, 3.63) is 29.3 Å². The second-order valence-corrected chi connectivity index (χ2v) is 3.63. The van der Waals surface area contributed by atoms with Gasteiger partial charge in [-0.2, -0.15) is 13.2 Å². The molecule has 6 heteroatoms. The minimum Gasteiger partial charge on any atom is -0.366 e. The Morgan fingerprint density at radius 1 is 1.40 bits per heavy atom. The van der Waals surface area contributed by atoms with Crippen molar-refractivity contribution in [1.82, 2.24) is 0 Å². The molecule has 0 aromatic heterocycles. The molecule has 0 bridgehead atoms. The molecule has 0 radical (unpaired) electrons. The molecule has 2 nitrogen and oxygen atoms in total. The van der Waals surface area contributed by atoms with E-state index in [0.29, 0.717) is 0 Å². The van der Waals surface area contributed by atoms with Gasteiger partial charge in [0, 0.05) is 10.5 Å². The van der Waals surface area contributed by atoms with Crippen LogP contribution in [0.25, 0.3) is 0 Å². The second-order valence-electron chi connectivity index (χ2n) is 2.78. The van der Waals surface area contributed by atoms with E-state index in [9.17, 15) is 18.0 Å². The first kappa shape index (κ1) is 11.9. The van der Waals surface area contributed by atoms with Crippen LogP contribution in [0.1, 0.15) is 15.9 Å². The lowest BCUT2D eigenvalue weighted by Gasteiger charge is -2.11. The van der Waals surface area contributed by atoms with E-state index in [1.807, 2.05) is 0 Å². The number of amides is 1. The first-order valence-corrected chi connectivity index (χ1v) is 5.13. The van der Waals surface area contributed by atoms with Crippen LogP contribution in [0.4, 0.5) is 13.2 Å². The summed E-state index contributed by atoms with van der Waals surface area (Å²) in [5.41, 5.74) is 4.29. The summed E-state index contributed by atoms with van der Waals surface area (Å²) in [6.07, 6.45) is -2.90. The summed E-state index contributed by atoms with van der Waals surface area (Å²) in [6, 6.07) is 3.09. The molecule has 1 aromatic rings. The number of hydrogen-bond acceptors (Lipinski definition) is 2. The van der Waals surface area contributed by atoms with Crippen LogP contribution >= 0.6 is 11.8 Å². The third-order valence-corrected chi connectivity index (χ3v) is 2.57. The first-order chi connectivity index (χ1) is 6.86. The number of nitrogens with two attached hydrogens (primary N) is 1. The highest BCUT2D eigenvalue weighted by molar-refractivity contribution is 7.98. The maximum atomic E-state index is 12.4. The average Bonchev–Trinajstić information content (AvgIpc) is 2.15. The number of hydrogen-bond donors (Lipinski definition) is 1. The first-order valence-electron chi connectivity index (χ1n) is 3.91. The molecule has 0 saturated carbocycles. The van der Waals surface area contributed by atoms with Crippen molar-refractivity contribution >= 4 is 17.7 Å². The van der Waals surface area contributed by atoms with Crippen LogP contribution in [0.3, 0.4) is 0 Å². The van der Waals surface area contributed by atoms with E-state index in [-0.39, 0.29) is 10.5 Å². The predicted molar refractivity (Wildman–Crippen MR) is 51.7 cm³/mol. The third-order valence-electron chi connectivity index (χ3n) is 1.79. The zero-order chi connectivity index (χ0) is 11.6. The van der Waals surface area contributed by atoms with Gasteiger partial charge < -0.3 is 5.73 Å². The van der Waals surface area contributed by atoms with Crippen LogP contribution in [0, 0.1) is 0 Å². The Labute approximate surface area is 88.6 Å². The van der Waals surface area contributed by atoms with Gasteiger partial charge in [-0.05, 0) is 24.5 Å². The molecule has 2 N–H and O–H groups in total. The summed E-state index contributed by atoms with van der Waals surface area (Å²) in [6.45, 7) is 0. The molecule has 0 atom stereocenters. The number of halogens is 3. The predicted octanol–water partition coefficient (Wildman–Crippen LogP) is 2.53. The van der Waals surface area contributed by atoms with Gasteiger partial charge in [-0.15, -0.1) is 11.8 Å². The van der Waals surface area contributed by atoms with Gasteiger partial charge in [0.25, 0.3) is 0 Å². The van der Waals surface area contributed by atoms with Gasteiger partial charge in [0.1, 0.15) is 0 Å². The number of benzene rings is 1. The van der Waals surface area contributed by atoms with Crippen LogP contribution in [-0.4, -0.2) is 12.2 Å². The number of carbonyl (C=O) groups excluding carboxylic acids is 1. The van der Waals surface area contributed by atoms with Crippen molar-refractivity contribution < 1.29 is 18.0 Å². The summed E-state index contributed by atoms with van der Waals surface area (Å²) in [7, 11) is 0. The molecule has 0 saturated heterocycles. The van der Waals surface area contributed by atoms with E-state index in [1.54, 1.807) is 0 Å². The third kappa shape index (κ3) is 2.65. The van der Waals surface area contributed by atoms with E-state index in [0.717, 1.165) is 30.0 Å². The fourth-order valence-corrected chi connectivity index (χ4v) is 1.73. The molecule has 1 aromatic carbocycles. The smallest absolute Gasteiger partial charge is 0.366 e. The number of carbonyl (C=O) groups is 1. The van der Waals surface area contributed by atoms with Crippen molar-refractivity contribution in [3.8, 4) is 0 Å². The van der Waals surface area contributed by atoms with Crippen LogP contribution in [-0.2, 0) is 6.18 Å². The summed E-state index contributed by atoms with van der Waals surface area (Å²) >= 11 is 0.926. The monoisotopic (exact) mass is 235 g/mol. The molecule has 0 heterocycles. The average molecular weight is 235 g/mol. The Morgan fingerprint density at radius 3 is 2.40 bits per heavy atom. The Morgan fingerprint density at radius 2 is 2.00 bits per heavy atom. The second kappa shape index (κ2) is 4.14. The van der Waals surface area contributed by atoms with Gasteiger partial charge >= 0.3 is 6.18 Å². The standard InChI is InChI=1S/C9H8F3NOS/c1-15-7-4-5(8(13)14)2-3-6(7)9(10,11)12/h2-4H,1H3,(H2,13,14). The van der Waals surface area contributed by atoms with Crippen molar-refractivity contribution in [2.45, 2.75) is 11.1 Å². The van der Waals surface area contributed by atoms with Crippen LogP contribution in [0.5, 0.6) is 0 Å². The molecule has 0 spiro atoms. The van der Waals surface area contributed by atoms with Crippen LogP contribution in [0.15, 0.2) is 23.1 Å². The largest absolute Gasteiger partial charge is 0.417 e. The molecule has 1 rings (SSSR count). The highest BCUT2D eigenvalue weighted by Gasteiger charge is 2.33. The molecular weight excluding hydrogens is 227 g/mol. The molecule has 15 heavy (non-hydrogen) atoms. The normalized spacial score (nSPS) is 11.5. The van der Waals surface area contributed by atoms with Crippen molar-refractivity contribution in [2.24, 2.45) is 5.73 Å². The maximum Gasteiger partial charge on any atom is 0.417 e.